The second-order valence-corrected chi connectivity index (χ2v) is 15.0. The molecule has 4 aliphatic rings. The lowest BCUT2D eigenvalue weighted by Gasteiger charge is -2.35. The molecule has 4 fully saturated rings. The van der Waals surface area contributed by atoms with E-state index in [4.69, 9.17) is 9.47 Å². The van der Waals surface area contributed by atoms with E-state index in [1.54, 1.807) is 18.2 Å². The number of carboxylic acid groups (broad SMARTS) is 1. The molecule has 3 N–H and O–H groups in total. The topological polar surface area (TPSA) is 188 Å². The number of esters is 1. The van der Waals surface area contributed by atoms with E-state index < -0.39 is 73.3 Å². The number of piperazine rings is 1. The summed E-state index contributed by atoms with van der Waals surface area (Å²) in [4.78, 5) is 86.0. The molecule has 17 heteroatoms. The molecular formula is C38H48F2N6O9. The first-order valence-electron chi connectivity index (χ1n) is 19.0. The second kappa shape index (κ2) is 17.1. The Morgan fingerprint density at radius 1 is 0.982 bits per heavy atom. The number of alkyl halides is 2. The van der Waals surface area contributed by atoms with E-state index >= 15 is 0 Å². The van der Waals surface area contributed by atoms with Crippen molar-refractivity contribution in [3.63, 3.8) is 0 Å². The molecule has 2 aliphatic carbocycles. The van der Waals surface area contributed by atoms with Gasteiger partial charge in [0.15, 0.2) is 6.61 Å². The Hall–Kier alpha value is -5.09. The van der Waals surface area contributed by atoms with Crippen LogP contribution < -0.4 is 15.4 Å². The molecule has 2 saturated carbocycles. The van der Waals surface area contributed by atoms with Gasteiger partial charge >= 0.3 is 12.1 Å². The summed E-state index contributed by atoms with van der Waals surface area (Å²) in [6, 6.07) is 3.77. The summed E-state index contributed by atoms with van der Waals surface area (Å²) in [7, 11) is 0. The number of pyridine rings is 1. The molecule has 1 aromatic heterocycles. The van der Waals surface area contributed by atoms with Crippen LogP contribution in [0.15, 0.2) is 24.3 Å². The van der Waals surface area contributed by atoms with Crippen LogP contribution in [0, 0.1) is 12.8 Å². The number of carbonyl (C=O) groups is 6. The van der Waals surface area contributed by atoms with Crippen LogP contribution in [0.5, 0.6) is 5.75 Å². The SMILES string of the molecule is Cc1ccc2c(OCC(=O)N3CC(F)(F)C[C@H]3C(=O)NC3CCC3)cc(C(=O)N[C@@H](CCC(=O)OCC3CCCC3)C(=O)N3CCN(C(=O)O)CC3)nc2c1. The lowest BCUT2D eigenvalue weighted by molar-refractivity contribution is -0.145. The van der Waals surface area contributed by atoms with Gasteiger partial charge in [0, 0.05) is 56.5 Å². The van der Waals surface area contributed by atoms with Crippen molar-refractivity contribution in [2.75, 3.05) is 45.9 Å². The van der Waals surface area contributed by atoms with Crippen LogP contribution >= 0.6 is 0 Å². The Labute approximate surface area is 317 Å². The molecule has 55 heavy (non-hydrogen) atoms. The minimum Gasteiger partial charge on any atom is -0.483 e. The van der Waals surface area contributed by atoms with Crippen LogP contribution in [-0.4, -0.2) is 130 Å². The maximum atomic E-state index is 14.5. The van der Waals surface area contributed by atoms with E-state index in [0.29, 0.717) is 23.4 Å². The number of benzene rings is 1. The third-order valence-electron chi connectivity index (χ3n) is 10.9. The van der Waals surface area contributed by atoms with Crippen molar-refractivity contribution in [3.8, 4) is 5.75 Å². The maximum Gasteiger partial charge on any atom is 0.407 e. The van der Waals surface area contributed by atoms with Crippen molar-refractivity contribution < 1.29 is 52.1 Å². The third-order valence-corrected chi connectivity index (χ3v) is 10.9. The fraction of sp³-hybridized carbons (Fsp3) is 0.605. The van der Waals surface area contributed by atoms with Crippen molar-refractivity contribution in [2.45, 2.75) is 95.2 Å². The van der Waals surface area contributed by atoms with Gasteiger partial charge in [0.05, 0.1) is 18.7 Å². The molecule has 1 aromatic carbocycles. The van der Waals surface area contributed by atoms with Crippen LogP contribution in [0.4, 0.5) is 13.6 Å². The zero-order chi connectivity index (χ0) is 39.3. The number of hydrogen-bond acceptors (Lipinski definition) is 9. The smallest absolute Gasteiger partial charge is 0.407 e. The molecule has 0 spiro atoms. The van der Waals surface area contributed by atoms with Crippen LogP contribution in [0.2, 0.25) is 0 Å². The van der Waals surface area contributed by atoms with E-state index in [2.05, 4.69) is 15.6 Å². The second-order valence-electron chi connectivity index (χ2n) is 15.0. The van der Waals surface area contributed by atoms with Gasteiger partial charge < -0.3 is 39.9 Å². The Kier molecular flexibility index (Phi) is 12.3. The Bertz CT molecular complexity index is 1790. The summed E-state index contributed by atoms with van der Waals surface area (Å²) >= 11 is 0. The Morgan fingerprint density at radius 3 is 2.36 bits per heavy atom. The number of rotatable bonds is 13. The van der Waals surface area contributed by atoms with Gasteiger partial charge in [-0.15, -0.1) is 0 Å². The highest BCUT2D eigenvalue weighted by atomic mass is 19.3. The minimum absolute atomic E-state index is 0.0492. The monoisotopic (exact) mass is 770 g/mol. The number of nitrogens with zero attached hydrogens (tertiary/aromatic N) is 4. The molecule has 298 valence electrons. The lowest BCUT2D eigenvalue weighted by atomic mass is 9.93. The summed E-state index contributed by atoms with van der Waals surface area (Å²) in [5.74, 6) is -6.16. The van der Waals surface area contributed by atoms with Gasteiger partial charge in [-0.3, -0.25) is 24.0 Å². The van der Waals surface area contributed by atoms with Crippen LogP contribution in [0.25, 0.3) is 10.9 Å². The van der Waals surface area contributed by atoms with E-state index in [0.717, 1.165) is 55.4 Å². The molecule has 3 heterocycles. The first-order chi connectivity index (χ1) is 26.3. The molecule has 5 amide bonds. The number of hydrogen-bond donors (Lipinski definition) is 3. The van der Waals surface area contributed by atoms with Crippen LogP contribution in [-0.2, 0) is 23.9 Å². The number of ether oxygens (including phenoxy) is 2. The molecule has 2 aliphatic heterocycles. The number of amides is 5. The predicted octanol–water partition coefficient (Wildman–Crippen LogP) is 3.26. The van der Waals surface area contributed by atoms with Gasteiger partial charge in [-0.25, -0.2) is 18.6 Å². The Balaban J connectivity index is 1.17. The highest BCUT2D eigenvalue weighted by molar-refractivity contribution is 5.99. The molecule has 15 nitrogen and oxygen atoms in total. The number of carbonyl (C=O) groups excluding carboxylic acids is 5. The minimum atomic E-state index is -3.26. The number of nitrogens with one attached hydrogen (secondary N) is 2. The number of likely N-dealkylation sites (tertiary alicyclic amines) is 1. The van der Waals surface area contributed by atoms with Crippen molar-refractivity contribution in [1.82, 2.24) is 30.3 Å². The van der Waals surface area contributed by atoms with E-state index in [1.807, 2.05) is 6.92 Å². The molecule has 2 aromatic rings. The van der Waals surface area contributed by atoms with Gasteiger partial charge in [-0.1, -0.05) is 18.9 Å². The first kappa shape index (κ1) is 39.6. The lowest BCUT2D eigenvalue weighted by Crippen LogP contribution is -2.55. The van der Waals surface area contributed by atoms with Crippen molar-refractivity contribution in [2.24, 2.45) is 5.92 Å². The van der Waals surface area contributed by atoms with Crippen molar-refractivity contribution in [3.05, 3.63) is 35.5 Å². The van der Waals surface area contributed by atoms with Gasteiger partial charge in [0.25, 0.3) is 17.7 Å². The van der Waals surface area contributed by atoms with Crippen molar-refractivity contribution >= 4 is 46.6 Å². The quantitative estimate of drug-likeness (QED) is 0.255. The van der Waals surface area contributed by atoms with Gasteiger partial charge in [-0.2, -0.15) is 0 Å². The predicted molar refractivity (Wildman–Crippen MR) is 192 cm³/mol. The van der Waals surface area contributed by atoms with E-state index in [1.165, 1.54) is 15.9 Å². The highest BCUT2D eigenvalue weighted by Crippen LogP contribution is 2.34. The van der Waals surface area contributed by atoms with Gasteiger partial charge in [0.2, 0.25) is 11.8 Å². The summed E-state index contributed by atoms with van der Waals surface area (Å²) < 4.78 is 40.4. The molecule has 0 radical (unpaired) electrons. The molecular weight excluding hydrogens is 722 g/mol. The molecule has 6 rings (SSSR count). The standard InChI is InChI=1S/C38H48F2N6O9/c1-23-9-10-26-28(17-23)42-29(18-31(26)54-21-32(47)46-22-38(39,40)19-30(46)35(50)41-25-7-4-8-25)34(49)43-27(11-12-33(48)55-20-24-5-2-3-6-24)36(51)44-13-15-45(16-14-44)37(52)53/h9-10,17-18,24-25,27,30H,2-8,11-16,19-22H2,1H3,(H,41,50)(H,43,49)(H,52,53)/t27-,30-/m0/s1. The molecule has 2 saturated heterocycles. The fourth-order valence-corrected chi connectivity index (χ4v) is 7.48. The Morgan fingerprint density at radius 2 is 1.69 bits per heavy atom. The summed E-state index contributed by atoms with van der Waals surface area (Å²) in [5, 5.41) is 15.2. The van der Waals surface area contributed by atoms with Gasteiger partial charge in [0.1, 0.15) is 23.5 Å². The molecule has 2 atom stereocenters. The number of halogens is 2. The maximum absolute atomic E-state index is 14.5. The van der Waals surface area contributed by atoms with Crippen LogP contribution in [0.3, 0.4) is 0 Å². The highest BCUT2D eigenvalue weighted by Gasteiger charge is 2.50. The normalized spacial score (nSPS) is 20.5. The zero-order valence-corrected chi connectivity index (χ0v) is 30.9. The first-order valence-corrected chi connectivity index (χ1v) is 19.0. The molecule has 0 unspecified atom stereocenters. The largest absolute Gasteiger partial charge is 0.483 e. The number of aryl methyl sites for hydroxylation is 1. The van der Waals surface area contributed by atoms with Gasteiger partial charge in [-0.05, 0) is 69.1 Å². The van der Waals surface area contributed by atoms with Crippen LogP contribution in [0.1, 0.15) is 80.3 Å². The summed E-state index contributed by atoms with van der Waals surface area (Å²) in [6.07, 6.45) is 4.42. The van der Waals surface area contributed by atoms with E-state index in [-0.39, 0.29) is 56.5 Å². The summed E-state index contributed by atoms with van der Waals surface area (Å²) in [6.45, 7) is 0.811. The summed E-state index contributed by atoms with van der Waals surface area (Å²) in [5.41, 5.74) is 0.941. The zero-order valence-electron chi connectivity index (χ0n) is 30.9. The average molecular weight is 771 g/mol. The fourth-order valence-electron chi connectivity index (χ4n) is 7.48. The van der Waals surface area contributed by atoms with E-state index in [9.17, 15) is 42.7 Å². The average Bonchev–Trinajstić information content (AvgIpc) is 3.79. The molecule has 0 bridgehead atoms. The third kappa shape index (κ3) is 9.97. The van der Waals surface area contributed by atoms with Crippen molar-refractivity contribution in [1.29, 1.82) is 0 Å². The number of fused-ring (bicyclic) bond motifs is 1. The number of aromatic nitrogens is 1.